The van der Waals surface area contributed by atoms with E-state index in [1.807, 2.05) is 24.3 Å². The lowest BCUT2D eigenvalue weighted by atomic mass is 9.82. The number of fused-ring (bicyclic) bond motifs is 1. The summed E-state index contributed by atoms with van der Waals surface area (Å²) in [4.78, 5) is 26.5. The molecule has 1 saturated heterocycles. The first-order chi connectivity index (χ1) is 21.0. The van der Waals surface area contributed by atoms with Crippen LogP contribution in [0.2, 0.25) is 0 Å². The lowest BCUT2D eigenvalue weighted by molar-refractivity contribution is -0.285. The average Bonchev–Trinajstić information content (AvgIpc) is 3.02. The summed E-state index contributed by atoms with van der Waals surface area (Å²) in [6, 6.07) is 17.3. The SMILES string of the molecule is COc1cccc(-c2cc(C(=O)Cc3cc4ccc(O[C@@H]5OC(C)(C)[C@H](C)C(O)[C@@H]5O)c(OC)c4oc3=O)ccc2OC)c1. The third-order valence-corrected chi connectivity index (χ3v) is 8.25. The number of rotatable bonds is 9. The number of Topliss-reactive ketones (excluding diaryl/α,β-unsaturated/α-hetero) is 1. The first-order valence-corrected chi connectivity index (χ1v) is 14.2. The fourth-order valence-corrected chi connectivity index (χ4v) is 5.33. The summed E-state index contributed by atoms with van der Waals surface area (Å²) in [5.41, 5.74) is 0.704. The van der Waals surface area contributed by atoms with Gasteiger partial charge in [-0.2, -0.15) is 0 Å². The van der Waals surface area contributed by atoms with Gasteiger partial charge in [0, 0.05) is 34.4 Å². The third-order valence-electron chi connectivity index (χ3n) is 8.25. The van der Waals surface area contributed by atoms with Crippen molar-refractivity contribution in [3.63, 3.8) is 0 Å². The number of carbonyl (C=O) groups excluding carboxylic acids is 1. The lowest BCUT2D eigenvalue weighted by Crippen LogP contribution is -2.59. The van der Waals surface area contributed by atoms with Crippen molar-refractivity contribution >= 4 is 16.8 Å². The highest BCUT2D eigenvalue weighted by atomic mass is 16.7. The maximum atomic E-state index is 13.4. The van der Waals surface area contributed by atoms with Crippen LogP contribution >= 0.6 is 0 Å². The molecular formula is C34H36O10. The second-order valence-electron chi connectivity index (χ2n) is 11.3. The van der Waals surface area contributed by atoms with Gasteiger partial charge in [0.15, 0.2) is 17.1 Å². The van der Waals surface area contributed by atoms with Gasteiger partial charge in [-0.1, -0.05) is 19.1 Å². The molecular weight excluding hydrogens is 568 g/mol. The number of hydrogen-bond donors (Lipinski definition) is 2. The highest BCUT2D eigenvalue weighted by molar-refractivity contribution is 5.99. The third kappa shape index (κ3) is 5.88. The van der Waals surface area contributed by atoms with Crippen LogP contribution in [0, 0.1) is 5.92 Å². The van der Waals surface area contributed by atoms with Gasteiger partial charge in [0.1, 0.15) is 17.6 Å². The van der Waals surface area contributed by atoms with Crippen molar-refractivity contribution in [3.8, 4) is 34.1 Å². The van der Waals surface area contributed by atoms with E-state index in [4.69, 9.17) is 28.1 Å². The summed E-state index contributed by atoms with van der Waals surface area (Å²) in [6.45, 7) is 5.38. The molecule has 0 saturated carbocycles. The zero-order valence-electron chi connectivity index (χ0n) is 25.5. The minimum atomic E-state index is -1.32. The zero-order chi connectivity index (χ0) is 31.8. The summed E-state index contributed by atoms with van der Waals surface area (Å²) in [7, 11) is 4.53. The van der Waals surface area contributed by atoms with Gasteiger partial charge in [-0.25, -0.2) is 4.79 Å². The molecule has 5 rings (SSSR count). The fraction of sp³-hybridized carbons (Fsp3) is 0.353. The highest BCUT2D eigenvalue weighted by Crippen LogP contribution is 2.40. The summed E-state index contributed by atoms with van der Waals surface area (Å²) >= 11 is 0. The van der Waals surface area contributed by atoms with Crippen LogP contribution in [0.5, 0.6) is 23.0 Å². The van der Waals surface area contributed by atoms with Crippen molar-refractivity contribution in [2.75, 3.05) is 21.3 Å². The van der Waals surface area contributed by atoms with E-state index < -0.39 is 29.7 Å². The Bertz CT molecular complexity index is 1740. The fourth-order valence-electron chi connectivity index (χ4n) is 5.33. The molecule has 0 bridgehead atoms. The average molecular weight is 605 g/mol. The Morgan fingerprint density at radius 3 is 2.36 bits per heavy atom. The summed E-state index contributed by atoms with van der Waals surface area (Å²) in [5, 5.41) is 21.6. The van der Waals surface area contributed by atoms with E-state index in [-0.39, 0.29) is 40.8 Å². The maximum absolute atomic E-state index is 13.4. The predicted molar refractivity (Wildman–Crippen MR) is 163 cm³/mol. The molecule has 4 atom stereocenters. The molecule has 0 amide bonds. The van der Waals surface area contributed by atoms with Crippen LogP contribution in [0.25, 0.3) is 22.1 Å². The van der Waals surface area contributed by atoms with E-state index in [2.05, 4.69) is 0 Å². The zero-order valence-corrected chi connectivity index (χ0v) is 25.5. The van der Waals surface area contributed by atoms with Crippen molar-refractivity contribution in [1.29, 1.82) is 0 Å². The maximum Gasteiger partial charge on any atom is 0.340 e. The largest absolute Gasteiger partial charge is 0.497 e. The van der Waals surface area contributed by atoms with Gasteiger partial charge < -0.3 is 38.3 Å². The van der Waals surface area contributed by atoms with Crippen molar-refractivity contribution in [1.82, 2.24) is 0 Å². The van der Waals surface area contributed by atoms with Crippen LogP contribution < -0.4 is 24.6 Å². The van der Waals surface area contributed by atoms with E-state index >= 15 is 0 Å². The molecule has 1 unspecified atom stereocenters. The number of ketones is 1. The van der Waals surface area contributed by atoms with Crippen LogP contribution in [0.15, 0.2) is 69.9 Å². The first-order valence-electron chi connectivity index (χ1n) is 14.2. The second kappa shape index (κ2) is 12.3. The van der Waals surface area contributed by atoms with Crippen LogP contribution in [0.1, 0.15) is 36.7 Å². The van der Waals surface area contributed by atoms with Gasteiger partial charge in [-0.05, 0) is 67.9 Å². The number of aliphatic hydroxyl groups is 2. The minimum absolute atomic E-state index is 0.106. The smallest absolute Gasteiger partial charge is 0.340 e. The van der Waals surface area contributed by atoms with Gasteiger partial charge in [-0.3, -0.25) is 4.79 Å². The second-order valence-corrected chi connectivity index (χ2v) is 11.3. The van der Waals surface area contributed by atoms with E-state index in [1.165, 1.54) is 7.11 Å². The monoisotopic (exact) mass is 604 g/mol. The molecule has 1 aliphatic heterocycles. The number of benzene rings is 3. The highest BCUT2D eigenvalue weighted by Gasteiger charge is 2.48. The molecule has 2 heterocycles. The molecule has 0 spiro atoms. The first kappa shape index (κ1) is 31.1. The van der Waals surface area contributed by atoms with Crippen molar-refractivity contribution in [2.24, 2.45) is 5.92 Å². The molecule has 0 aliphatic carbocycles. The van der Waals surface area contributed by atoms with Gasteiger partial charge in [0.05, 0.1) is 33.0 Å². The standard InChI is InChI=1S/C34H36O10/c1-18-28(36)29(37)33(44-34(18,2)3)42-27-13-11-21-14-22(32(38)43-30(21)31(27)41-6)17-25(35)20-10-12-26(40-5)24(16-20)19-8-7-9-23(15-19)39-4/h7-16,18,28-29,33,36-37H,17H2,1-6H3/t18-,28?,29+,33-/m1/s1. The van der Waals surface area contributed by atoms with Gasteiger partial charge in [-0.15, -0.1) is 0 Å². The van der Waals surface area contributed by atoms with Crippen molar-refractivity contribution in [2.45, 2.75) is 51.3 Å². The molecule has 44 heavy (non-hydrogen) atoms. The normalized spacial score (nSPS) is 21.1. The quantitative estimate of drug-likeness (QED) is 0.203. The number of aliphatic hydroxyl groups excluding tert-OH is 2. The molecule has 2 N–H and O–H groups in total. The number of methoxy groups -OCH3 is 3. The van der Waals surface area contributed by atoms with Crippen LogP contribution in [-0.4, -0.2) is 61.4 Å². The molecule has 232 valence electrons. The molecule has 1 aliphatic rings. The lowest BCUT2D eigenvalue weighted by Gasteiger charge is -2.46. The summed E-state index contributed by atoms with van der Waals surface area (Å²) in [6.07, 6.45) is -3.79. The minimum Gasteiger partial charge on any atom is -0.497 e. The Kier molecular flexibility index (Phi) is 8.69. The van der Waals surface area contributed by atoms with E-state index in [0.29, 0.717) is 28.0 Å². The van der Waals surface area contributed by atoms with Gasteiger partial charge >= 0.3 is 5.63 Å². The van der Waals surface area contributed by atoms with Crippen molar-refractivity contribution < 1.29 is 43.1 Å². The molecule has 10 nitrogen and oxygen atoms in total. The van der Waals surface area contributed by atoms with Crippen LogP contribution in [0.3, 0.4) is 0 Å². The Hall–Kier alpha value is -4.38. The summed E-state index contributed by atoms with van der Waals surface area (Å²) < 4.78 is 33.9. The van der Waals surface area contributed by atoms with Crippen molar-refractivity contribution in [3.05, 3.63) is 82.2 Å². The molecule has 1 fully saturated rings. The molecule has 3 aromatic carbocycles. The summed E-state index contributed by atoms with van der Waals surface area (Å²) in [5.74, 6) is 0.881. The molecule has 0 radical (unpaired) electrons. The number of hydrogen-bond acceptors (Lipinski definition) is 10. The van der Waals surface area contributed by atoms with E-state index in [9.17, 15) is 19.8 Å². The van der Waals surface area contributed by atoms with Gasteiger partial charge in [0.2, 0.25) is 12.0 Å². The Morgan fingerprint density at radius 1 is 0.909 bits per heavy atom. The van der Waals surface area contributed by atoms with E-state index in [0.717, 1.165) is 5.56 Å². The Morgan fingerprint density at radius 2 is 1.66 bits per heavy atom. The molecule has 4 aromatic rings. The molecule has 1 aromatic heterocycles. The number of ether oxygens (including phenoxy) is 5. The van der Waals surface area contributed by atoms with E-state index in [1.54, 1.807) is 71.4 Å². The Labute approximate surface area is 254 Å². The number of carbonyl (C=O) groups is 1. The topological polar surface area (TPSA) is 134 Å². The Balaban J connectivity index is 1.43. The van der Waals surface area contributed by atoms with Crippen LogP contribution in [-0.2, 0) is 11.2 Å². The predicted octanol–water partition coefficient (Wildman–Crippen LogP) is 4.78. The molecule has 10 heteroatoms. The van der Waals surface area contributed by atoms with Crippen LogP contribution in [0.4, 0.5) is 0 Å². The van der Waals surface area contributed by atoms with Gasteiger partial charge in [0.25, 0.3) is 0 Å².